The fourth-order valence-corrected chi connectivity index (χ4v) is 2.32. The molecule has 0 radical (unpaired) electrons. The summed E-state index contributed by atoms with van der Waals surface area (Å²) in [6, 6.07) is 0. The molecule has 80 valence electrons. The molecule has 1 aliphatic rings. The Morgan fingerprint density at radius 3 is 2.36 bits per heavy atom. The molecule has 0 aromatic carbocycles. The first-order chi connectivity index (χ1) is 6.60. The Balaban J connectivity index is 2.62. The van der Waals surface area contributed by atoms with Crippen LogP contribution in [0.4, 0.5) is 0 Å². The van der Waals surface area contributed by atoms with Crippen molar-refractivity contribution in [1.29, 1.82) is 0 Å². The average Bonchev–Trinajstić information content (AvgIpc) is 2.63. The van der Waals surface area contributed by atoms with Gasteiger partial charge in [-0.3, -0.25) is 9.59 Å². The minimum absolute atomic E-state index is 0.0551. The van der Waals surface area contributed by atoms with Gasteiger partial charge in [0, 0.05) is 18.9 Å². The number of nitrogens with one attached hydrogen (secondary N) is 1. The van der Waals surface area contributed by atoms with E-state index >= 15 is 0 Å². The summed E-state index contributed by atoms with van der Waals surface area (Å²) in [6.07, 6.45) is 3.84. The number of carbonyl (C=O) groups is 2. The molecule has 1 fully saturated rings. The Bertz CT molecular complexity index is 234. The lowest BCUT2D eigenvalue weighted by molar-refractivity contribution is -0.126. The van der Waals surface area contributed by atoms with E-state index < -0.39 is 0 Å². The van der Waals surface area contributed by atoms with Crippen LogP contribution in [0.5, 0.6) is 0 Å². The van der Waals surface area contributed by atoms with E-state index in [-0.39, 0.29) is 23.0 Å². The van der Waals surface area contributed by atoms with Crippen LogP contribution in [0.15, 0.2) is 0 Å². The number of halogens is 1. The maximum Gasteiger partial charge on any atom is 0.216 e. The van der Waals surface area contributed by atoms with E-state index in [1.807, 2.05) is 0 Å². The molecule has 1 rings (SSSR count). The molecule has 1 aliphatic carbocycles. The van der Waals surface area contributed by atoms with Crippen LogP contribution in [-0.4, -0.2) is 24.1 Å². The van der Waals surface area contributed by atoms with Crippen LogP contribution in [0.25, 0.3) is 0 Å². The van der Waals surface area contributed by atoms with E-state index in [1.54, 1.807) is 0 Å². The highest BCUT2D eigenvalue weighted by atomic mass is 35.5. The number of hydrogen-bond acceptors (Lipinski definition) is 2. The predicted molar refractivity (Wildman–Crippen MR) is 55.3 cm³/mol. The van der Waals surface area contributed by atoms with Gasteiger partial charge in [-0.25, -0.2) is 0 Å². The lowest BCUT2D eigenvalue weighted by Gasteiger charge is -2.26. The first kappa shape index (κ1) is 11.5. The second-order valence-corrected chi connectivity index (χ2v) is 4.22. The zero-order chi connectivity index (χ0) is 10.6. The summed E-state index contributed by atoms with van der Waals surface area (Å²) < 4.78 is 0. The molecule has 1 amide bonds. The van der Waals surface area contributed by atoms with E-state index in [4.69, 9.17) is 11.6 Å². The van der Waals surface area contributed by atoms with Crippen molar-refractivity contribution in [2.24, 2.45) is 5.41 Å². The molecule has 1 N–H and O–H groups in total. The van der Waals surface area contributed by atoms with Gasteiger partial charge in [-0.2, -0.15) is 0 Å². The highest BCUT2D eigenvalue weighted by Crippen LogP contribution is 2.38. The number of amides is 1. The third-order valence-corrected chi connectivity index (χ3v) is 3.19. The van der Waals surface area contributed by atoms with Gasteiger partial charge in [-0.1, -0.05) is 12.8 Å². The van der Waals surface area contributed by atoms with E-state index in [0.29, 0.717) is 6.54 Å². The first-order valence-corrected chi connectivity index (χ1v) is 5.48. The highest BCUT2D eigenvalue weighted by molar-refractivity contribution is 6.28. The Labute approximate surface area is 89.2 Å². The number of hydrogen-bond donors (Lipinski definition) is 1. The third-order valence-electron chi connectivity index (χ3n) is 2.95. The molecular weight excluding hydrogens is 202 g/mol. The molecule has 0 aromatic heterocycles. The molecule has 0 atom stereocenters. The van der Waals surface area contributed by atoms with Gasteiger partial charge < -0.3 is 5.32 Å². The maximum atomic E-state index is 11.7. The van der Waals surface area contributed by atoms with Crippen molar-refractivity contribution >= 4 is 23.3 Å². The minimum atomic E-state index is -0.368. The highest BCUT2D eigenvalue weighted by Gasteiger charge is 2.39. The lowest BCUT2D eigenvalue weighted by atomic mass is 9.82. The summed E-state index contributed by atoms with van der Waals surface area (Å²) in [6.45, 7) is 1.92. The smallest absolute Gasteiger partial charge is 0.216 e. The minimum Gasteiger partial charge on any atom is -0.355 e. The molecular formula is C10H16ClNO2. The summed E-state index contributed by atoms with van der Waals surface area (Å²) in [7, 11) is 0. The number of alkyl halides is 1. The third kappa shape index (κ3) is 2.47. The fourth-order valence-electron chi connectivity index (χ4n) is 2.04. The van der Waals surface area contributed by atoms with Crippen LogP contribution < -0.4 is 5.32 Å². The first-order valence-electron chi connectivity index (χ1n) is 4.94. The van der Waals surface area contributed by atoms with Gasteiger partial charge in [-0.15, -0.1) is 11.6 Å². The fraction of sp³-hybridized carbons (Fsp3) is 0.800. The molecule has 0 spiro atoms. The standard InChI is InChI=1S/C10H16ClNO2/c1-8(13)12-7-10(9(14)6-11)4-2-3-5-10/h2-7H2,1H3,(H,12,13). The zero-order valence-electron chi connectivity index (χ0n) is 8.44. The normalized spacial score (nSPS) is 19.3. The summed E-state index contributed by atoms with van der Waals surface area (Å²) in [4.78, 5) is 22.5. The van der Waals surface area contributed by atoms with Crippen LogP contribution in [0.2, 0.25) is 0 Å². The monoisotopic (exact) mass is 217 g/mol. The summed E-state index contributed by atoms with van der Waals surface area (Å²) in [5.41, 5.74) is -0.368. The number of rotatable bonds is 4. The predicted octanol–water partition coefficient (Wildman–Crippen LogP) is 1.49. The molecule has 4 heteroatoms. The van der Waals surface area contributed by atoms with Gasteiger partial charge in [0.2, 0.25) is 5.91 Å². The second kappa shape index (κ2) is 4.78. The zero-order valence-corrected chi connectivity index (χ0v) is 9.19. The van der Waals surface area contributed by atoms with Crippen molar-refractivity contribution < 1.29 is 9.59 Å². The average molecular weight is 218 g/mol. The molecule has 0 unspecified atom stereocenters. The Morgan fingerprint density at radius 2 is 1.93 bits per heavy atom. The molecule has 0 aromatic rings. The van der Waals surface area contributed by atoms with Gasteiger partial charge in [0.1, 0.15) is 0 Å². The number of carbonyl (C=O) groups excluding carboxylic acids is 2. The van der Waals surface area contributed by atoms with Crippen LogP contribution in [0.3, 0.4) is 0 Å². The van der Waals surface area contributed by atoms with Crippen molar-refractivity contribution in [3.8, 4) is 0 Å². The molecule has 0 heterocycles. The van der Waals surface area contributed by atoms with E-state index in [0.717, 1.165) is 25.7 Å². The quantitative estimate of drug-likeness (QED) is 0.726. The SMILES string of the molecule is CC(=O)NCC1(C(=O)CCl)CCCC1. The van der Waals surface area contributed by atoms with Crippen LogP contribution in [-0.2, 0) is 9.59 Å². The lowest BCUT2D eigenvalue weighted by Crippen LogP contribution is -2.41. The Kier molecular flexibility index (Phi) is 3.93. The Morgan fingerprint density at radius 1 is 1.36 bits per heavy atom. The van der Waals surface area contributed by atoms with Crippen molar-refractivity contribution in [1.82, 2.24) is 5.32 Å². The van der Waals surface area contributed by atoms with Crippen LogP contribution in [0, 0.1) is 5.41 Å². The van der Waals surface area contributed by atoms with Crippen molar-refractivity contribution in [2.75, 3.05) is 12.4 Å². The van der Waals surface area contributed by atoms with E-state index in [1.165, 1.54) is 6.92 Å². The molecule has 3 nitrogen and oxygen atoms in total. The van der Waals surface area contributed by atoms with Gasteiger partial charge in [0.25, 0.3) is 0 Å². The van der Waals surface area contributed by atoms with Crippen molar-refractivity contribution in [2.45, 2.75) is 32.6 Å². The van der Waals surface area contributed by atoms with Gasteiger partial charge in [0.05, 0.1) is 5.88 Å². The molecule has 14 heavy (non-hydrogen) atoms. The summed E-state index contributed by atoms with van der Waals surface area (Å²) in [5, 5.41) is 2.73. The van der Waals surface area contributed by atoms with Crippen LogP contribution >= 0.6 is 11.6 Å². The summed E-state index contributed by atoms with van der Waals surface area (Å²) in [5.74, 6) is 0.0450. The second-order valence-electron chi connectivity index (χ2n) is 3.95. The topological polar surface area (TPSA) is 46.2 Å². The Hall–Kier alpha value is -0.570. The number of ketones is 1. The number of Topliss-reactive ketones (excluding diaryl/α,β-unsaturated/α-hetero) is 1. The van der Waals surface area contributed by atoms with Crippen molar-refractivity contribution in [3.63, 3.8) is 0 Å². The van der Waals surface area contributed by atoms with Gasteiger partial charge in [-0.05, 0) is 12.8 Å². The van der Waals surface area contributed by atoms with Gasteiger partial charge >= 0.3 is 0 Å². The molecule has 0 aliphatic heterocycles. The molecule has 0 bridgehead atoms. The van der Waals surface area contributed by atoms with E-state index in [2.05, 4.69) is 5.32 Å². The molecule has 1 saturated carbocycles. The van der Waals surface area contributed by atoms with Crippen molar-refractivity contribution in [3.05, 3.63) is 0 Å². The largest absolute Gasteiger partial charge is 0.355 e. The summed E-state index contributed by atoms with van der Waals surface area (Å²) >= 11 is 5.57. The molecule has 0 saturated heterocycles. The maximum absolute atomic E-state index is 11.7. The van der Waals surface area contributed by atoms with E-state index in [9.17, 15) is 9.59 Å². The van der Waals surface area contributed by atoms with Crippen LogP contribution in [0.1, 0.15) is 32.6 Å². The van der Waals surface area contributed by atoms with Gasteiger partial charge in [0.15, 0.2) is 5.78 Å².